The van der Waals surface area contributed by atoms with Gasteiger partial charge in [0, 0.05) is 19.2 Å². The van der Waals surface area contributed by atoms with E-state index in [0.717, 1.165) is 25.7 Å². The molecule has 0 aromatic heterocycles. The first-order valence-electron chi connectivity index (χ1n) is 11.0. The lowest BCUT2D eigenvalue weighted by molar-refractivity contribution is -0.385. The molecule has 11 heteroatoms. The summed E-state index contributed by atoms with van der Waals surface area (Å²) < 4.78 is 38.6. The van der Waals surface area contributed by atoms with E-state index in [9.17, 15) is 23.3 Å². The number of aryl methyl sites for hydroxylation is 1. The molecule has 0 radical (unpaired) electrons. The Balaban J connectivity index is 1.78. The molecule has 0 spiro atoms. The minimum atomic E-state index is -3.72. The maximum atomic E-state index is 13.1. The smallest absolute Gasteiger partial charge is 0.276 e. The number of nitro benzene ring substituents is 1. The third-order valence-corrected chi connectivity index (χ3v) is 7.66. The normalized spacial score (nSPS) is 14.8. The molecular formula is C23H29N3O7S. The number of hydrogen-bond donors (Lipinski definition) is 1. The molecule has 1 fully saturated rings. The molecular weight excluding hydrogens is 462 g/mol. The molecule has 0 aliphatic carbocycles. The van der Waals surface area contributed by atoms with Crippen molar-refractivity contribution in [2.24, 2.45) is 0 Å². The molecule has 2 aromatic carbocycles. The molecule has 1 saturated heterocycles. The summed E-state index contributed by atoms with van der Waals surface area (Å²) >= 11 is 0. The Bertz CT molecular complexity index is 1170. The van der Waals surface area contributed by atoms with Gasteiger partial charge in [-0.25, -0.2) is 8.42 Å². The molecule has 10 nitrogen and oxygen atoms in total. The lowest BCUT2D eigenvalue weighted by Gasteiger charge is -2.21. The summed E-state index contributed by atoms with van der Waals surface area (Å²) in [7, 11) is -2.30. The zero-order valence-corrected chi connectivity index (χ0v) is 20.3. The Hall–Kier alpha value is -3.18. The third-order valence-electron chi connectivity index (χ3n) is 5.77. The summed E-state index contributed by atoms with van der Waals surface area (Å²) in [6, 6.07) is 7.27. The van der Waals surface area contributed by atoms with Crippen molar-refractivity contribution in [2.75, 3.05) is 32.1 Å². The van der Waals surface area contributed by atoms with Crippen molar-refractivity contribution in [2.45, 2.75) is 44.4 Å². The number of nitrogens with one attached hydrogen (secondary N) is 1. The van der Waals surface area contributed by atoms with E-state index in [-0.39, 0.29) is 22.0 Å². The second-order valence-corrected chi connectivity index (χ2v) is 10.1. The highest BCUT2D eigenvalue weighted by Crippen LogP contribution is 2.32. The van der Waals surface area contributed by atoms with Crippen LogP contribution < -0.4 is 14.8 Å². The van der Waals surface area contributed by atoms with E-state index in [1.807, 2.05) is 0 Å². The average molecular weight is 492 g/mol. The minimum absolute atomic E-state index is 0.0665. The van der Waals surface area contributed by atoms with Gasteiger partial charge < -0.3 is 14.8 Å². The van der Waals surface area contributed by atoms with E-state index in [4.69, 9.17) is 9.47 Å². The first-order chi connectivity index (χ1) is 16.1. The first kappa shape index (κ1) is 25.4. The number of hydrogen-bond acceptors (Lipinski definition) is 7. The Morgan fingerprint density at radius 3 is 2.41 bits per heavy atom. The van der Waals surface area contributed by atoms with Crippen LogP contribution in [0.3, 0.4) is 0 Å². The summed E-state index contributed by atoms with van der Waals surface area (Å²) in [6.07, 6.45) is 3.62. The number of ether oxygens (including phenoxy) is 2. The predicted octanol–water partition coefficient (Wildman–Crippen LogP) is 3.80. The monoisotopic (exact) mass is 491 g/mol. The van der Waals surface area contributed by atoms with Gasteiger partial charge >= 0.3 is 0 Å². The van der Waals surface area contributed by atoms with Gasteiger partial charge in [0.25, 0.3) is 11.6 Å². The van der Waals surface area contributed by atoms with Crippen molar-refractivity contribution in [3.8, 4) is 11.5 Å². The Morgan fingerprint density at radius 1 is 1.12 bits per heavy atom. The van der Waals surface area contributed by atoms with Gasteiger partial charge in [0.05, 0.1) is 28.2 Å². The van der Waals surface area contributed by atoms with Gasteiger partial charge in [-0.2, -0.15) is 4.31 Å². The van der Waals surface area contributed by atoms with Crippen LogP contribution in [0.25, 0.3) is 0 Å². The van der Waals surface area contributed by atoms with Crippen molar-refractivity contribution < 1.29 is 27.6 Å². The highest BCUT2D eigenvalue weighted by molar-refractivity contribution is 7.89. The lowest BCUT2D eigenvalue weighted by atomic mass is 10.1. The van der Waals surface area contributed by atoms with Crippen LogP contribution in [0, 0.1) is 24.0 Å². The number of nitrogens with zero attached hydrogens (tertiary/aromatic N) is 2. The molecule has 1 heterocycles. The molecule has 1 amide bonds. The summed E-state index contributed by atoms with van der Waals surface area (Å²) in [6.45, 7) is 3.79. The van der Waals surface area contributed by atoms with E-state index in [0.29, 0.717) is 30.0 Å². The van der Waals surface area contributed by atoms with Crippen molar-refractivity contribution in [1.29, 1.82) is 0 Å². The summed E-state index contributed by atoms with van der Waals surface area (Å²) in [4.78, 5) is 23.4. The number of anilines is 1. The summed E-state index contributed by atoms with van der Waals surface area (Å²) in [5.74, 6) is -0.00684. The van der Waals surface area contributed by atoms with E-state index >= 15 is 0 Å². The molecule has 0 atom stereocenters. The van der Waals surface area contributed by atoms with Crippen LogP contribution in [0.2, 0.25) is 0 Å². The minimum Gasteiger partial charge on any atom is -0.495 e. The van der Waals surface area contributed by atoms with Crippen LogP contribution in [-0.4, -0.2) is 50.4 Å². The lowest BCUT2D eigenvalue weighted by Crippen LogP contribution is -2.32. The Morgan fingerprint density at radius 2 is 1.79 bits per heavy atom. The number of methoxy groups -OCH3 is 1. The number of carbonyl (C=O) groups excluding carboxylic acids is 1. The number of rotatable bonds is 8. The topological polar surface area (TPSA) is 128 Å². The van der Waals surface area contributed by atoms with Gasteiger partial charge in [-0.1, -0.05) is 12.8 Å². The third kappa shape index (κ3) is 5.65. The molecule has 1 N–H and O–H groups in total. The number of sulfonamides is 1. The van der Waals surface area contributed by atoms with E-state index in [1.54, 1.807) is 19.9 Å². The molecule has 184 valence electrons. The summed E-state index contributed by atoms with van der Waals surface area (Å²) in [5.41, 5.74) is 1.06. The van der Waals surface area contributed by atoms with Crippen molar-refractivity contribution in [1.82, 2.24) is 4.31 Å². The number of amides is 1. The number of nitro groups is 1. The number of carbonyl (C=O) groups is 1. The molecule has 3 rings (SSSR count). The zero-order valence-electron chi connectivity index (χ0n) is 19.5. The highest BCUT2D eigenvalue weighted by Gasteiger charge is 2.26. The fourth-order valence-corrected chi connectivity index (χ4v) is 5.48. The highest BCUT2D eigenvalue weighted by atomic mass is 32.2. The quantitative estimate of drug-likeness (QED) is 0.439. The maximum absolute atomic E-state index is 13.1. The average Bonchev–Trinajstić information content (AvgIpc) is 3.09. The largest absolute Gasteiger partial charge is 0.495 e. The van der Waals surface area contributed by atoms with Crippen molar-refractivity contribution >= 4 is 27.3 Å². The van der Waals surface area contributed by atoms with Gasteiger partial charge in [-0.05, 0) is 56.5 Å². The standard InChI is InChI=1S/C23H29N3O7S/c1-16-8-10-20(26(28)29)17(2)23(16)33-15-22(27)24-19-14-18(9-11-21(19)32-3)34(30,31)25-12-6-4-5-7-13-25/h8-11,14H,4-7,12-13,15H2,1-3H3,(H,24,27). The van der Waals surface area contributed by atoms with E-state index in [2.05, 4.69) is 5.32 Å². The molecule has 0 bridgehead atoms. The fraction of sp³-hybridized carbons (Fsp3) is 0.435. The van der Waals surface area contributed by atoms with Crippen LogP contribution in [0.5, 0.6) is 11.5 Å². The van der Waals surface area contributed by atoms with Gasteiger partial charge in [0.15, 0.2) is 6.61 Å². The van der Waals surface area contributed by atoms with Crippen molar-refractivity contribution in [3.05, 3.63) is 51.6 Å². The van der Waals surface area contributed by atoms with Gasteiger partial charge in [-0.3, -0.25) is 14.9 Å². The van der Waals surface area contributed by atoms with Gasteiger partial charge in [-0.15, -0.1) is 0 Å². The molecule has 1 aliphatic rings. The van der Waals surface area contributed by atoms with Crippen LogP contribution in [0.1, 0.15) is 36.8 Å². The molecule has 1 aliphatic heterocycles. The zero-order chi connectivity index (χ0) is 24.9. The Labute approximate surface area is 199 Å². The number of benzene rings is 2. The van der Waals surface area contributed by atoms with Crippen LogP contribution >= 0.6 is 0 Å². The van der Waals surface area contributed by atoms with E-state index in [1.165, 1.54) is 35.7 Å². The second-order valence-electron chi connectivity index (χ2n) is 8.13. The fourth-order valence-electron chi connectivity index (χ4n) is 3.94. The van der Waals surface area contributed by atoms with Gasteiger partial charge in [0.1, 0.15) is 11.5 Å². The van der Waals surface area contributed by atoms with Crippen molar-refractivity contribution in [3.63, 3.8) is 0 Å². The van der Waals surface area contributed by atoms with Crippen LogP contribution in [0.15, 0.2) is 35.2 Å². The van der Waals surface area contributed by atoms with Crippen LogP contribution in [0.4, 0.5) is 11.4 Å². The van der Waals surface area contributed by atoms with E-state index < -0.39 is 27.5 Å². The van der Waals surface area contributed by atoms with Crippen LogP contribution in [-0.2, 0) is 14.8 Å². The summed E-state index contributed by atoms with van der Waals surface area (Å²) in [5, 5.41) is 13.8. The Kier molecular flexibility index (Phi) is 8.11. The SMILES string of the molecule is COc1ccc(S(=O)(=O)N2CCCCCC2)cc1NC(=O)COc1c(C)ccc([N+](=O)[O-])c1C. The molecule has 0 unspecified atom stereocenters. The first-order valence-corrected chi connectivity index (χ1v) is 12.4. The maximum Gasteiger partial charge on any atom is 0.276 e. The molecule has 34 heavy (non-hydrogen) atoms. The van der Waals surface area contributed by atoms with Gasteiger partial charge in [0.2, 0.25) is 10.0 Å². The molecule has 0 saturated carbocycles. The second kappa shape index (κ2) is 10.8. The predicted molar refractivity (Wildman–Crippen MR) is 127 cm³/mol. The molecule has 2 aromatic rings.